The van der Waals surface area contributed by atoms with Gasteiger partial charge in [0.05, 0.1) is 32.1 Å². The summed E-state index contributed by atoms with van der Waals surface area (Å²) in [7, 11) is 1.70. The Morgan fingerprint density at radius 2 is 1.79 bits per heavy atom. The molecule has 5 heteroatoms. The average Bonchev–Trinajstić information content (AvgIpc) is 2.88. The molecule has 0 bridgehead atoms. The lowest BCUT2D eigenvalue weighted by atomic mass is 10.1. The molecule has 3 aromatic rings. The van der Waals surface area contributed by atoms with Gasteiger partial charge >= 0.3 is 0 Å². The second kappa shape index (κ2) is 7.40. The molecule has 1 aliphatic rings. The quantitative estimate of drug-likeness (QED) is 0.674. The van der Waals surface area contributed by atoms with E-state index in [4.69, 9.17) is 14.5 Å². The summed E-state index contributed by atoms with van der Waals surface area (Å²) in [6.45, 7) is 9.76. The minimum Gasteiger partial charge on any atom is -0.496 e. The molecule has 146 valence electrons. The third-order valence-corrected chi connectivity index (χ3v) is 5.26. The van der Waals surface area contributed by atoms with Crippen LogP contribution in [0.5, 0.6) is 5.75 Å². The fourth-order valence-corrected chi connectivity index (χ4v) is 4.04. The van der Waals surface area contributed by atoms with Crippen LogP contribution < -0.4 is 4.74 Å². The normalized spacial score (nSPS) is 16.5. The Balaban J connectivity index is 1.92. The summed E-state index contributed by atoms with van der Waals surface area (Å²) in [5.74, 6) is 1.88. The average molecular weight is 377 g/mol. The van der Waals surface area contributed by atoms with E-state index < -0.39 is 0 Å². The molecular weight excluding hydrogens is 350 g/mol. The minimum absolute atomic E-state index is 0.155. The third-order valence-electron chi connectivity index (χ3n) is 5.26. The van der Waals surface area contributed by atoms with Crippen LogP contribution in [0.3, 0.4) is 0 Å². The third kappa shape index (κ3) is 3.42. The van der Waals surface area contributed by atoms with E-state index in [2.05, 4.69) is 47.7 Å². The number of aryl methyl sites for hydroxylation is 3. The highest BCUT2D eigenvalue weighted by molar-refractivity contribution is 5.70. The number of pyridine rings is 1. The number of hydrogen-bond acceptors (Lipinski definition) is 4. The first kappa shape index (κ1) is 18.7. The van der Waals surface area contributed by atoms with Crippen molar-refractivity contribution in [2.24, 2.45) is 0 Å². The summed E-state index contributed by atoms with van der Waals surface area (Å²) in [6, 6.07) is 10.5. The number of ether oxygens (including phenoxy) is 2. The van der Waals surface area contributed by atoms with E-state index in [1.54, 1.807) is 7.11 Å². The standard InChI is InChI=1S/C23H27N3O2/c1-14-10-18(6-7-21(14)27-5)23-25-22(19-11-15(2)24-16(3)12-19)20-8-9-28-17(4)13-26(20)23/h6-7,10-12,17H,8-9,13H2,1-5H3. The van der Waals surface area contributed by atoms with Gasteiger partial charge in [0.25, 0.3) is 0 Å². The van der Waals surface area contributed by atoms with Crippen LogP contribution in [0, 0.1) is 20.8 Å². The molecule has 28 heavy (non-hydrogen) atoms. The van der Waals surface area contributed by atoms with Crippen LogP contribution in [0.2, 0.25) is 0 Å². The van der Waals surface area contributed by atoms with E-state index in [1.807, 2.05) is 19.9 Å². The molecule has 1 unspecified atom stereocenters. The molecule has 1 atom stereocenters. The fourth-order valence-electron chi connectivity index (χ4n) is 4.04. The summed E-state index contributed by atoms with van der Waals surface area (Å²) < 4.78 is 13.7. The molecule has 5 nitrogen and oxygen atoms in total. The molecule has 1 aromatic carbocycles. The Morgan fingerprint density at radius 1 is 1.04 bits per heavy atom. The zero-order valence-electron chi connectivity index (χ0n) is 17.2. The van der Waals surface area contributed by atoms with Gasteiger partial charge in [-0.05, 0) is 63.6 Å². The molecule has 0 saturated carbocycles. The second-order valence-electron chi connectivity index (χ2n) is 7.60. The van der Waals surface area contributed by atoms with E-state index in [1.165, 1.54) is 5.69 Å². The summed E-state index contributed by atoms with van der Waals surface area (Å²) in [4.78, 5) is 9.65. The number of aromatic nitrogens is 3. The first-order chi connectivity index (χ1) is 13.5. The first-order valence-electron chi connectivity index (χ1n) is 9.78. The van der Waals surface area contributed by atoms with E-state index >= 15 is 0 Å². The molecular formula is C23H27N3O2. The number of nitrogens with zero attached hydrogens (tertiary/aromatic N) is 3. The van der Waals surface area contributed by atoms with Gasteiger partial charge in [0.15, 0.2) is 0 Å². The molecule has 0 fully saturated rings. The summed E-state index contributed by atoms with van der Waals surface area (Å²) in [5.41, 5.74) is 7.62. The van der Waals surface area contributed by atoms with E-state index in [0.29, 0.717) is 6.61 Å². The summed E-state index contributed by atoms with van der Waals surface area (Å²) in [5, 5.41) is 0. The number of fused-ring (bicyclic) bond motifs is 1. The van der Waals surface area contributed by atoms with Crippen molar-refractivity contribution < 1.29 is 9.47 Å². The SMILES string of the molecule is COc1ccc(-c2nc(-c3cc(C)nc(C)c3)c3n2CC(C)OCC3)cc1C. The van der Waals surface area contributed by atoms with Gasteiger partial charge in [-0.25, -0.2) is 4.98 Å². The number of benzene rings is 1. The largest absolute Gasteiger partial charge is 0.496 e. The lowest BCUT2D eigenvalue weighted by Crippen LogP contribution is -2.15. The van der Waals surface area contributed by atoms with Gasteiger partial charge in [-0.2, -0.15) is 0 Å². The zero-order valence-corrected chi connectivity index (χ0v) is 17.2. The molecule has 4 rings (SSSR count). The predicted molar refractivity (Wildman–Crippen MR) is 111 cm³/mol. The summed E-state index contributed by atoms with van der Waals surface area (Å²) in [6.07, 6.45) is 1.00. The van der Waals surface area contributed by atoms with Gasteiger partial charge < -0.3 is 14.0 Å². The minimum atomic E-state index is 0.155. The van der Waals surface area contributed by atoms with Crippen LogP contribution in [-0.2, 0) is 17.7 Å². The van der Waals surface area contributed by atoms with Crippen molar-refractivity contribution in [1.82, 2.24) is 14.5 Å². The van der Waals surface area contributed by atoms with E-state index in [9.17, 15) is 0 Å². The van der Waals surface area contributed by atoms with E-state index in [-0.39, 0.29) is 6.10 Å². The van der Waals surface area contributed by atoms with Crippen LogP contribution in [0.25, 0.3) is 22.6 Å². The van der Waals surface area contributed by atoms with Crippen LogP contribution in [0.15, 0.2) is 30.3 Å². The van der Waals surface area contributed by atoms with Crippen molar-refractivity contribution in [1.29, 1.82) is 0 Å². The Kier molecular flexibility index (Phi) is 4.94. The maximum Gasteiger partial charge on any atom is 0.140 e. The Hall–Kier alpha value is -2.66. The lowest BCUT2D eigenvalue weighted by molar-refractivity contribution is 0.0666. The maximum absolute atomic E-state index is 5.95. The van der Waals surface area contributed by atoms with Crippen LogP contribution in [0.4, 0.5) is 0 Å². The van der Waals surface area contributed by atoms with Gasteiger partial charge in [0, 0.05) is 34.6 Å². The number of imidazole rings is 1. The Bertz CT molecular complexity index is 1000. The molecule has 0 radical (unpaired) electrons. The molecule has 2 aromatic heterocycles. The molecule has 0 amide bonds. The highest BCUT2D eigenvalue weighted by Gasteiger charge is 2.24. The smallest absolute Gasteiger partial charge is 0.140 e. The first-order valence-corrected chi connectivity index (χ1v) is 9.78. The van der Waals surface area contributed by atoms with Gasteiger partial charge in [-0.15, -0.1) is 0 Å². The fraction of sp³-hybridized carbons (Fsp3) is 0.391. The van der Waals surface area contributed by atoms with Crippen LogP contribution in [0.1, 0.15) is 29.6 Å². The molecule has 0 N–H and O–H groups in total. The van der Waals surface area contributed by atoms with Gasteiger partial charge in [0.1, 0.15) is 11.6 Å². The maximum atomic E-state index is 5.95. The van der Waals surface area contributed by atoms with Gasteiger partial charge in [0.2, 0.25) is 0 Å². The van der Waals surface area contributed by atoms with Crippen LogP contribution in [-0.4, -0.2) is 34.4 Å². The van der Waals surface area contributed by atoms with Crippen molar-refractivity contribution in [2.45, 2.75) is 46.8 Å². The molecule has 1 aliphatic heterocycles. The molecule has 0 aliphatic carbocycles. The monoisotopic (exact) mass is 377 g/mol. The molecule has 3 heterocycles. The Labute approximate surface area is 166 Å². The van der Waals surface area contributed by atoms with Crippen molar-refractivity contribution in [3.05, 3.63) is 53.0 Å². The van der Waals surface area contributed by atoms with Crippen LogP contribution >= 0.6 is 0 Å². The van der Waals surface area contributed by atoms with Crippen molar-refractivity contribution in [3.63, 3.8) is 0 Å². The number of methoxy groups -OCH3 is 1. The van der Waals surface area contributed by atoms with Gasteiger partial charge in [-0.3, -0.25) is 4.98 Å². The van der Waals surface area contributed by atoms with Gasteiger partial charge in [-0.1, -0.05) is 0 Å². The molecule has 0 saturated heterocycles. The predicted octanol–water partition coefficient (Wildman–Crippen LogP) is 4.51. The second-order valence-corrected chi connectivity index (χ2v) is 7.60. The van der Waals surface area contributed by atoms with Crippen molar-refractivity contribution >= 4 is 0 Å². The number of rotatable bonds is 3. The zero-order chi connectivity index (χ0) is 19.8. The summed E-state index contributed by atoms with van der Waals surface area (Å²) >= 11 is 0. The number of hydrogen-bond donors (Lipinski definition) is 0. The van der Waals surface area contributed by atoms with E-state index in [0.717, 1.165) is 58.3 Å². The highest BCUT2D eigenvalue weighted by atomic mass is 16.5. The highest BCUT2D eigenvalue weighted by Crippen LogP contribution is 2.33. The Morgan fingerprint density at radius 3 is 2.46 bits per heavy atom. The topological polar surface area (TPSA) is 49.2 Å². The van der Waals surface area contributed by atoms with Crippen molar-refractivity contribution in [2.75, 3.05) is 13.7 Å². The van der Waals surface area contributed by atoms with Crippen molar-refractivity contribution in [3.8, 4) is 28.4 Å². The molecule has 0 spiro atoms. The lowest BCUT2D eigenvalue weighted by Gasteiger charge is -2.13.